The van der Waals surface area contributed by atoms with Crippen LogP contribution in [0.2, 0.25) is 0 Å². The van der Waals surface area contributed by atoms with Crippen molar-refractivity contribution in [3.05, 3.63) is 29.6 Å². The average molecular weight is 371 g/mol. The lowest BCUT2D eigenvalue weighted by atomic mass is 9.76. The van der Waals surface area contributed by atoms with Crippen molar-refractivity contribution in [2.24, 2.45) is 11.3 Å². The Bertz CT molecular complexity index is 781. The summed E-state index contributed by atoms with van der Waals surface area (Å²) in [6, 6.07) is 1.11. The van der Waals surface area contributed by atoms with Gasteiger partial charge in [0.25, 0.3) is 5.91 Å². The van der Waals surface area contributed by atoms with Gasteiger partial charge in [0.15, 0.2) is 0 Å². The standard InChI is InChI=1S/C20H25N3O4/c1-13-4-7-21-11-15(13)18(25)22-8-5-20(6-9-22)10-16(19(26)27)23(12-20)17(24)14-2-3-14/h4,7,11,14,16H,2-3,5-6,8-10,12H2,1H3,(H,26,27)/t16-/m1/s1. The number of carbonyl (C=O) groups is 3. The number of aromatic nitrogens is 1. The normalized spacial score (nSPS) is 24.3. The van der Waals surface area contributed by atoms with Gasteiger partial charge in [-0.1, -0.05) is 0 Å². The molecule has 1 spiro atoms. The quantitative estimate of drug-likeness (QED) is 0.873. The fourth-order valence-corrected chi connectivity index (χ4v) is 4.48. The van der Waals surface area contributed by atoms with Crippen LogP contribution in [-0.4, -0.2) is 63.4 Å². The number of likely N-dealkylation sites (tertiary alicyclic amines) is 2. The third-order valence-electron chi connectivity index (χ3n) is 6.38. The molecule has 1 aromatic rings. The second kappa shape index (κ2) is 6.62. The van der Waals surface area contributed by atoms with Crippen molar-refractivity contribution < 1.29 is 19.5 Å². The molecule has 2 amide bonds. The van der Waals surface area contributed by atoms with E-state index >= 15 is 0 Å². The number of pyridine rings is 1. The fourth-order valence-electron chi connectivity index (χ4n) is 4.48. The molecule has 1 N–H and O–H groups in total. The SMILES string of the molecule is Cc1ccncc1C(=O)N1CCC2(CC1)C[C@H](C(=O)O)N(C(=O)C1CC1)C2. The number of rotatable bonds is 3. The van der Waals surface area contributed by atoms with Crippen molar-refractivity contribution >= 4 is 17.8 Å². The number of piperidine rings is 1. The second-order valence-electron chi connectivity index (χ2n) is 8.28. The topological polar surface area (TPSA) is 90.8 Å². The molecule has 0 unspecified atom stereocenters. The van der Waals surface area contributed by atoms with E-state index in [0.717, 1.165) is 31.2 Å². The fraction of sp³-hybridized carbons (Fsp3) is 0.600. The number of amides is 2. The second-order valence-corrected chi connectivity index (χ2v) is 8.28. The summed E-state index contributed by atoms with van der Waals surface area (Å²) >= 11 is 0. The Hall–Kier alpha value is -2.44. The molecule has 0 bridgehead atoms. The van der Waals surface area contributed by atoms with Crippen LogP contribution in [-0.2, 0) is 9.59 Å². The van der Waals surface area contributed by atoms with Crippen molar-refractivity contribution in [2.75, 3.05) is 19.6 Å². The van der Waals surface area contributed by atoms with Gasteiger partial charge in [-0.3, -0.25) is 14.6 Å². The van der Waals surface area contributed by atoms with Gasteiger partial charge in [0, 0.05) is 37.9 Å². The molecule has 7 heteroatoms. The highest BCUT2D eigenvalue weighted by atomic mass is 16.4. The Kier molecular flexibility index (Phi) is 4.40. The summed E-state index contributed by atoms with van der Waals surface area (Å²) in [4.78, 5) is 44.5. The lowest BCUT2D eigenvalue weighted by molar-refractivity contribution is -0.148. The zero-order chi connectivity index (χ0) is 19.2. The predicted octanol–water partition coefficient (Wildman–Crippen LogP) is 1.71. The van der Waals surface area contributed by atoms with Gasteiger partial charge in [0.1, 0.15) is 6.04 Å². The van der Waals surface area contributed by atoms with Crippen molar-refractivity contribution in [3.63, 3.8) is 0 Å². The van der Waals surface area contributed by atoms with E-state index in [1.54, 1.807) is 17.3 Å². The highest BCUT2D eigenvalue weighted by Crippen LogP contribution is 2.45. The summed E-state index contributed by atoms with van der Waals surface area (Å²) in [5.41, 5.74) is 1.34. The van der Waals surface area contributed by atoms with E-state index in [4.69, 9.17) is 0 Å². The molecule has 2 saturated heterocycles. The summed E-state index contributed by atoms with van der Waals surface area (Å²) in [6.07, 6.45) is 6.99. The summed E-state index contributed by atoms with van der Waals surface area (Å²) in [5, 5.41) is 9.60. The Labute approximate surface area is 158 Å². The minimum Gasteiger partial charge on any atom is -0.480 e. The van der Waals surface area contributed by atoms with E-state index in [9.17, 15) is 19.5 Å². The van der Waals surface area contributed by atoms with E-state index in [0.29, 0.717) is 31.6 Å². The van der Waals surface area contributed by atoms with E-state index in [2.05, 4.69) is 4.98 Å². The minimum absolute atomic E-state index is 0.00349. The number of carbonyl (C=O) groups excluding carboxylic acids is 2. The smallest absolute Gasteiger partial charge is 0.326 e. The van der Waals surface area contributed by atoms with Gasteiger partial charge in [0.05, 0.1) is 5.56 Å². The number of hydrogen-bond acceptors (Lipinski definition) is 4. The first-order valence-electron chi connectivity index (χ1n) is 9.63. The molecule has 3 fully saturated rings. The number of aliphatic carboxylic acids is 1. The molecule has 0 aromatic carbocycles. The van der Waals surface area contributed by atoms with E-state index in [-0.39, 0.29) is 23.1 Å². The van der Waals surface area contributed by atoms with Gasteiger partial charge >= 0.3 is 5.97 Å². The zero-order valence-electron chi connectivity index (χ0n) is 15.6. The minimum atomic E-state index is -0.912. The van der Waals surface area contributed by atoms with Gasteiger partial charge in [-0.25, -0.2) is 4.79 Å². The number of aryl methyl sites for hydroxylation is 1. The van der Waals surface area contributed by atoms with E-state index < -0.39 is 12.0 Å². The molecule has 0 radical (unpaired) electrons. The van der Waals surface area contributed by atoms with Crippen molar-refractivity contribution in [2.45, 2.75) is 45.1 Å². The van der Waals surface area contributed by atoms with Crippen LogP contribution in [0.5, 0.6) is 0 Å². The van der Waals surface area contributed by atoms with Crippen LogP contribution in [0.4, 0.5) is 0 Å². The van der Waals surface area contributed by atoms with Crippen LogP contribution in [0.3, 0.4) is 0 Å². The molecule has 7 nitrogen and oxygen atoms in total. The largest absolute Gasteiger partial charge is 0.480 e. The number of nitrogens with zero attached hydrogens (tertiary/aromatic N) is 3. The summed E-state index contributed by atoms with van der Waals surface area (Å²) < 4.78 is 0. The Morgan fingerprint density at radius 1 is 1.22 bits per heavy atom. The Morgan fingerprint density at radius 2 is 1.93 bits per heavy atom. The molecule has 3 aliphatic rings. The maximum atomic E-state index is 12.8. The van der Waals surface area contributed by atoms with Gasteiger partial charge in [-0.15, -0.1) is 0 Å². The third-order valence-corrected chi connectivity index (χ3v) is 6.38. The van der Waals surface area contributed by atoms with Crippen LogP contribution in [0.25, 0.3) is 0 Å². The Morgan fingerprint density at radius 3 is 2.52 bits per heavy atom. The molecule has 144 valence electrons. The predicted molar refractivity (Wildman–Crippen MR) is 97.0 cm³/mol. The maximum Gasteiger partial charge on any atom is 0.326 e. The van der Waals surface area contributed by atoms with Crippen LogP contribution in [0.1, 0.15) is 48.0 Å². The molecule has 27 heavy (non-hydrogen) atoms. The molecule has 1 saturated carbocycles. The van der Waals surface area contributed by atoms with Gasteiger partial charge in [-0.2, -0.15) is 0 Å². The van der Waals surface area contributed by atoms with Gasteiger partial charge < -0.3 is 14.9 Å². The van der Waals surface area contributed by atoms with Gasteiger partial charge in [0.2, 0.25) is 5.91 Å². The molecule has 1 atom stereocenters. The van der Waals surface area contributed by atoms with Crippen molar-refractivity contribution in [1.29, 1.82) is 0 Å². The molecule has 3 heterocycles. The van der Waals surface area contributed by atoms with Crippen LogP contribution in [0.15, 0.2) is 18.5 Å². The summed E-state index contributed by atoms with van der Waals surface area (Å²) in [5.74, 6) is -0.902. The average Bonchev–Trinajstić information content (AvgIpc) is 3.44. The molecule has 4 rings (SSSR count). The van der Waals surface area contributed by atoms with E-state index in [1.165, 1.54) is 0 Å². The summed E-state index contributed by atoms with van der Waals surface area (Å²) in [6.45, 7) is 3.58. The third kappa shape index (κ3) is 3.31. The van der Waals surface area contributed by atoms with E-state index in [1.807, 2.05) is 17.9 Å². The van der Waals surface area contributed by atoms with Gasteiger partial charge in [-0.05, 0) is 56.1 Å². The number of hydrogen-bond donors (Lipinski definition) is 1. The molecule has 1 aromatic heterocycles. The maximum absolute atomic E-state index is 12.8. The first kappa shape index (κ1) is 17.9. The lowest BCUT2D eigenvalue weighted by Gasteiger charge is -2.39. The highest BCUT2D eigenvalue weighted by molar-refractivity contribution is 5.95. The van der Waals surface area contributed by atoms with Crippen LogP contribution >= 0.6 is 0 Å². The first-order chi connectivity index (χ1) is 12.9. The van der Waals surface area contributed by atoms with Crippen LogP contribution < -0.4 is 0 Å². The molecular formula is C20H25N3O4. The number of carboxylic acid groups (broad SMARTS) is 1. The number of carboxylic acids is 1. The zero-order valence-corrected chi connectivity index (χ0v) is 15.6. The van der Waals surface area contributed by atoms with Crippen LogP contribution in [0, 0.1) is 18.3 Å². The Balaban J connectivity index is 1.45. The molecule has 1 aliphatic carbocycles. The molecular weight excluding hydrogens is 346 g/mol. The van der Waals surface area contributed by atoms with Crippen molar-refractivity contribution in [1.82, 2.24) is 14.8 Å². The van der Waals surface area contributed by atoms with Crippen molar-refractivity contribution in [3.8, 4) is 0 Å². The first-order valence-corrected chi connectivity index (χ1v) is 9.63. The highest BCUT2D eigenvalue weighted by Gasteiger charge is 2.52. The summed E-state index contributed by atoms with van der Waals surface area (Å²) in [7, 11) is 0. The monoisotopic (exact) mass is 371 g/mol. The molecule has 2 aliphatic heterocycles. The lowest BCUT2D eigenvalue weighted by Crippen LogP contribution is -2.45.